The van der Waals surface area contributed by atoms with Gasteiger partial charge < -0.3 is 20.4 Å². The third-order valence-electron chi connectivity index (χ3n) is 3.07. The fourth-order valence-electron chi connectivity index (χ4n) is 2.08. The standard InChI is InChI=1S/C11H16N6O/c1-12-11-16-9-8(13-6-14-9)10(17-11)15-7-2-4-18-5-3-7/h6-7H,2-5H2,1H3,(H3,12,13,14,15,16,17). The Balaban J connectivity index is 1.91. The van der Waals surface area contributed by atoms with Gasteiger partial charge in [0.15, 0.2) is 11.5 Å². The second-order valence-electron chi connectivity index (χ2n) is 4.28. The summed E-state index contributed by atoms with van der Waals surface area (Å²) in [6, 6.07) is 0.393. The number of nitrogens with zero attached hydrogens (tertiary/aromatic N) is 3. The lowest BCUT2D eigenvalue weighted by molar-refractivity contribution is 0.0904. The van der Waals surface area contributed by atoms with E-state index in [0.29, 0.717) is 17.6 Å². The van der Waals surface area contributed by atoms with E-state index >= 15 is 0 Å². The lowest BCUT2D eigenvalue weighted by Crippen LogP contribution is -2.28. The van der Waals surface area contributed by atoms with E-state index < -0.39 is 0 Å². The zero-order valence-electron chi connectivity index (χ0n) is 10.2. The quantitative estimate of drug-likeness (QED) is 0.750. The Bertz CT molecular complexity index is 533. The Labute approximate surface area is 104 Å². The van der Waals surface area contributed by atoms with E-state index in [-0.39, 0.29) is 0 Å². The van der Waals surface area contributed by atoms with Crippen molar-refractivity contribution in [1.29, 1.82) is 0 Å². The van der Waals surface area contributed by atoms with Gasteiger partial charge in [0.2, 0.25) is 5.95 Å². The maximum absolute atomic E-state index is 5.35. The van der Waals surface area contributed by atoms with Crippen LogP contribution in [0.1, 0.15) is 12.8 Å². The Morgan fingerprint density at radius 1 is 1.33 bits per heavy atom. The molecule has 1 aliphatic rings. The molecule has 18 heavy (non-hydrogen) atoms. The molecule has 0 saturated carbocycles. The van der Waals surface area contributed by atoms with Crippen LogP contribution in [0.25, 0.3) is 11.2 Å². The van der Waals surface area contributed by atoms with E-state index in [1.165, 1.54) is 0 Å². The number of H-pyrrole nitrogens is 1. The number of imidazole rings is 1. The molecule has 0 unspecified atom stereocenters. The molecule has 0 spiro atoms. The van der Waals surface area contributed by atoms with Gasteiger partial charge in [0.05, 0.1) is 6.33 Å². The molecule has 1 aliphatic heterocycles. The second kappa shape index (κ2) is 4.77. The molecule has 0 atom stereocenters. The Kier molecular flexibility index (Phi) is 2.97. The number of ether oxygens (including phenoxy) is 1. The first-order valence-electron chi connectivity index (χ1n) is 6.10. The fourth-order valence-corrected chi connectivity index (χ4v) is 2.08. The fraction of sp³-hybridized carbons (Fsp3) is 0.545. The van der Waals surface area contributed by atoms with E-state index in [1.54, 1.807) is 13.4 Å². The van der Waals surface area contributed by atoms with Gasteiger partial charge in [-0.1, -0.05) is 0 Å². The molecule has 3 N–H and O–H groups in total. The molecule has 0 amide bonds. The smallest absolute Gasteiger partial charge is 0.226 e. The van der Waals surface area contributed by atoms with Crippen LogP contribution in [0.15, 0.2) is 6.33 Å². The molecule has 1 saturated heterocycles. The molecule has 0 bridgehead atoms. The molecule has 7 nitrogen and oxygen atoms in total. The molecule has 7 heteroatoms. The Morgan fingerprint density at radius 2 is 2.17 bits per heavy atom. The average Bonchev–Trinajstić information content (AvgIpc) is 2.88. The summed E-state index contributed by atoms with van der Waals surface area (Å²) in [7, 11) is 1.80. The number of hydrogen-bond acceptors (Lipinski definition) is 6. The van der Waals surface area contributed by atoms with Gasteiger partial charge in [-0.2, -0.15) is 9.97 Å². The van der Waals surface area contributed by atoms with Crippen LogP contribution in [0.3, 0.4) is 0 Å². The van der Waals surface area contributed by atoms with Gasteiger partial charge in [0.1, 0.15) is 5.52 Å². The number of hydrogen-bond donors (Lipinski definition) is 3. The molecule has 1 fully saturated rings. The van der Waals surface area contributed by atoms with Crippen LogP contribution < -0.4 is 10.6 Å². The number of aromatic amines is 1. The van der Waals surface area contributed by atoms with Crippen LogP contribution >= 0.6 is 0 Å². The summed E-state index contributed by atoms with van der Waals surface area (Å²) in [6.07, 6.45) is 3.62. The molecule has 96 valence electrons. The average molecular weight is 248 g/mol. The summed E-state index contributed by atoms with van der Waals surface area (Å²) < 4.78 is 5.35. The van der Waals surface area contributed by atoms with Gasteiger partial charge in [-0.25, -0.2) is 4.98 Å². The van der Waals surface area contributed by atoms with Gasteiger partial charge >= 0.3 is 0 Å². The van der Waals surface area contributed by atoms with Crippen molar-refractivity contribution in [1.82, 2.24) is 19.9 Å². The number of fused-ring (bicyclic) bond motifs is 1. The van der Waals surface area contributed by atoms with Crippen molar-refractivity contribution in [3.63, 3.8) is 0 Å². The van der Waals surface area contributed by atoms with Crippen LogP contribution in [0.2, 0.25) is 0 Å². The minimum Gasteiger partial charge on any atom is -0.381 e. The molecule has 0 aliphatic carbocycles. The first-order chi connectivity index (χ1) is 8.86. The molecule has 2 aromatic rings. The van der Waals surface area contributed by atoms with Crippen molar-refractivity contribution in [2.75, 3.05) is 30.9 Å². The molecule has 3 heterocycles. The van der Waals surface area contributed by atoms with Crippen LogP contribution in [0.4, 0.5) is 11.8 Å². The van der Waals surface area contributed by atoms with Crippen LogP contribution in [0.5, 0.6) is 0 Å². The van der Waals surface area contributed by atoms with Crippen molar-refractivity contribution >= 4 is 22.9 Å². The highest BCUT2D eigenvalue weighted by Gasteiger charge is 2.17. The number of nitrogens with one attached hydrogen (secondary N) is 3. The SMILES string of the molecule is CNc1nc(NC2CCOCC2)c2[nH]cnc2n1. The number of aromatic nitrogens is 4. The van der Waals surface area contributed by atoms with Crippen molar-refractivity contribution in [2.24, 2.45) is 0 Å². The largest absolute Gasteiger partial charge is 0.381 e. The van der Waals surface area contributed by atoms with Gasteiger partial charge in [0.25, 0.3) is 0 Å². The second-order valence-corrected chi connectivity index (χ2v) is 4.28. The molecule has 0 aromatic carbocycles. The molecule has 0 radical (unpaired) electrons. The van der Waals surface area contributed by atoms with Gasteiger partial charge in [0, 0.05) is 26.3 Å². The highest BCUT2D eigenvalue weighted by Crippen LogP contribution is 2.21. The van der Waals surface area contributed by atoms with Crippen LogP contribution in [-0.2, 0) is 4.74 Å². The van der Waals surface area contributed by atoms with E-state index in [1.807, 2.05) is 0 Å². The maximum Gasteiger partial charge on any atom is 0.226 e. The van der Waals surface area contributed by atoms with Gasteiger partial charge in [-0.05, 0) is 12.8 Å². The normalized spacial score (nSPS) is 16.9. The first kappa shape index (κ1) is 11.2. The highest BCUT2D eigenvalue weighted by molar-refractivity contribution is 5.83. The number of rotatable bonds is 3. The monoisotopic (exact) mass is 248 g/mol. The van der Waals surface area contributed by atoms with E-state index in [4.69, 9.17) is 4.74 Å². The molecule has 3 rings (SSSR count). The van der Waals surface area contributed by atoms with Crippen LogP contribution in [-0.4, -0.2) is 46.2 Å². The first-order valence-corrected chi connectivity index (χ1v) is 6.10. The lowest BCUT2D eigenvalue weighted by atomic mass is 10.1. The van der Waals surface area contributed by atoms with Crippen molar-refractivity contribution in [3.05, 3.63) is 6.33 Å². The summed E-state index contributed by atoms with van der Waals surface area (Å²) in [6.45, 7) is 1.60. The Hall–Kier alpha value is -1.89. The van der Waals surface area contributed by atoms with Crippen molar-refractivity contribution in [2.45, 2.75) is 18.9 Å². The van der Waals surface area contributed by atoms with E-state index in [9.17, 15) is 0 Å². The maximum atomic E-state index is 5.35. The zero-order valence-corrected chi connectivity index (χ0v) is 10.2. The predicted molar refractivity (Wildman–Crippen MR) is 68.7 cm³/mol. The highest BCUT2D eigenvalue weighted by atomic mass is 16.5. The lowest BCUT2D eigenvalue weighted by Gasteiger charge is -2.23. The van der Waals surface area contributed by atoms with E-state index in [0.717, 1.165) is 37.4 Å². The summed E-state index contributed by atoms with van der Waals surface area (Å²) >= 11 is 0. The topological polar surface area (TPSA) is 87.8 Å². The number of anilines is 2. The molecule has 2 aromatic heterocycles. The molecular formula is C11H16N6O. The van der Waals surface area contributed by atoms with Gasteiger partial charge in [-0.15, -0.1) is 0 Å². The zero-order chi connectivity index (χ0) is 12.4. The minimum atomic E-state index is 0.393. The van der Waals surface area contributed by atoms with E-state index in [2.05, 4.69) is 30.6 Å². The minimum absolute atomic E-state index is 0.393. The third-order valence-corrected chi connectivity index (χ3v) is 3.07. The third kappa shape index (κ3) is 2.08. The van der Waals surface area contributed by atoms with Crippen molar-refractivity contribution in [3.8, 4) is 0 Å². The predicted octanol–water partition coefficient (Wildman–Crippen LogP) is 0.985. The van der Waals surface area contributed by atoms with Crippen LogP contribution in [0, 0.1) is 0 Å². The summed E-state index contributed by atoms with van der Waals surface area (Å²) in [5, 5.41) is 6.39. The summed E-state index contributed by atoms with van der Waals surface area (Å²) in [5.74, 6) is 1.37. The summed E-state index contributed by atoms with van der Waals surface area (Å²) in [5.41, 5.74) is 1.52. The molecular weight excluding hydrogens is 232 g/mol. The van der Waals surface area contributed by atoms with Gasteiger partial charge in [-0.3, -0.25) is 0 Å². The Morgan fingerprint density at radius 3 is 2.94 bits per heavy atom. The summed E-state index contributed by atoms with van der Waals surface area (Å²) in [4.78, 5) is 16.0. The van der Waals surface area contributed by atoms with Crippen molar-refractivity contribution < 1.29 is 4.74 Å².